The summed E-state index contributed by atoms with van der Waals surface area (Å²) < 4.78 is 28.7. The van der Waals surface area contributed by atoms with E-state index in [1.54, 1.807) is 8.61 Å². The van der Waals surface area contributed by atoms with Crippen LogP contribution in [0.15, 0.2) is 30.3 Å². The van der Waals surface area contributed by atoms with Crippen molar-refractivity contribution in [3.05, 3.63) is 35.9 Å². The molecule has 3 rings (SSSR count). The fraction of sp³-hybridized carbons (Fsp3) is 0.600. The van der Waals surface area contributed by atoms with Crippen molar-refractivity contribution < 1.29 is 8.42 Å². The summed E-state index contributed by atoms with van der Waals surface area (Å²) in [5.41, 5.74) is 1.18. The molecule has 0 N–H and O–H groups in total. The van der Waals surface area contributed by atoms with E-state index in [4.69, 9.17) is 0 Å². The fourth-order valence-corrected chi connectivity index (χ4v) is 4.86. The lowest BCUT2D eigenvalue weighted by atomic mass is 10.0. The first-order valence-electron chi connectivity index (χ1n) is 7.59. The van der Waals surface area contributed by atoms with Crippen molar-refractivity contribution in [3.8, 4) is 0 Å². The SMILES string of the molecule is CN1CCN(S(=O)(=O)N2CCCC2)C[C@@H]1c1ccccc1. The predicted octanol–water partition coefficient (Wildman–Crippen LogP) is 1.32. The molecule has 0 spiro atoms. The van der Waals surface area contributed by atoms with Crippen LogP contribution in [0, 0.1) is 0 Å². The topological polar surface area (TPSA) is 43.9 Å². The molecule has 0 saturated carbocycles. The third-order valence-corrected chi connectivity index (χ3v) is 6.51. The molecule has 2 aliphatic heterocycles. The monoisotopic (exact) mass is 309 g/mol. The van der Waals surface area contributed by atoms with Gasteiger partial charge in [-0.05, 0) is 25.5 Å². The van der Waals surface area contributed by atoms with Gasteiger partial charge in [-0.1, -0.05) is 30.3 Å². The number of piperazine rings is 1. The molecule has 116 valence electrons. The minimum absolute atomic E-state index is 0.136. The number of hydrogen-bond donors (Lipinski definition) is 0. The highest BCUT2D eigenvalue weighted by atomic mass is 32.2. The third kappa shape index (κ3) is 2.99. The van der Waals surface area contributed by atoms with Gasteiger partial charge in [-0.25, -0.2) is 0 Å². The zero-order valence-corrected chi connectivity index (χ0v) is 13.3. The Bertz CT molecular complexity index is 570. The lowest BCUT2D eigenvalue weighted by Crippen LogP contribution is -2.52. The molecule has 5 nitrogen and oxygen atoms in total. The van der Waals surface area contributed by atoms with Gasteiger partial charge in [0.05, 0.1) is 0 Å². The molecule has 2 aliphatic rings. The quantitative estimate of drug-likeness (QED) is 0.846. The highest BCUT2D eigenvalue weighted by Crippen LogP contribution is 2.27. The van der Waals surface area contributed by atoms with Crippen molar-refractivity contribution in [2.24, 2.45) is 0 Å². The van der Waals surface area contributed by atoms with Gasteiger partial charge in [-0.3, -0.25) is 4.90 Å². The molecule has 2 heterocycles. The van der Waals surface area contributed by atoms with Crippen molar-refractivity contribution in [3.63, 3.8) is 0 Å². The standard InChI is InChI=1S/C15H23N3O2S/c1-16-11-12-18(21(19,20)17-9-5-6-10-17)13-15(16)14-7-3-2-4-8-14/h2-4,7-8,15H,5-6,9-13H2,1H3/t15-/m1/s1. The lowest BCUT2D eigenvalue weighted by molar-refractivity contribution is 0.143. The number of hydrogen-bond acceptors (Lipinski definition) is 3. The van der Waals surface area contributed by atoms with Crippen LogP contribution in [-0.4, -0.2) is 61.7 Å². The average molecular weight is 309 g/mol. The molecule has 0 aromatic heterocycles. The summed E-state index contributed by atoms with van der Waals surface area (Å²) in [6.45, 7) is 3.24. The van der Waals surface area contributed by atoms with Crippen LogP contribution in [-0.2, 0) is 10.2 Å². The van der Waals surface area contributed by atoms with Gasteiger partial charge in [0.1, 0.15) is 0 Å². The number of benzene rings is 1. The van der Waals surface area contributed by atoms with E-state index >= 15 is 0 Å². The maximum atomic E-state index is 12.7. The summed E-state index contributed by atoms with van der Waals surface area (Å²) in [6.07, 6.45) is 1.96. The van der Waals surface area contributed by atoms with E-state index in [1.807, 2.05) is 18.2 Å². The molecule has 2 fully saturated rings. The molecule has 0 radical (unpaired) electrons. The molecular weight excluding hydrogens is 286 g/mol. The van der Waals surface area contributed by atoms with Gasteiger partial charge < -0.3 is 0 Å². The van der Waals surface area contributed by atoms with Crippen molar-refractivity contribution in [1.29, 1.82) is 0 Å². The van der Waals surface area contributed by atoms with Gasteiger partial charge in [-0.2, -0.15) is 17.0 Å². The summed E-state index contributed by atoms with van der Waals surface area (Å²) in [6, 6.07) is 10.3. The number of nitrogens with zero attached hydrogens (tertiary/aromatic N) is 3. The zero-order chi connectivity index (χ0) is 14.9. The Hall–Kier alpha value is -0.950. The molecule has 0 unspecified atom stereocenters. The summed E-state index contributed by atoms with van der Waals surface area (Å²) in [5, 5.41) is 0. The Kier molecular flexibility index (Phi) is 4.31. The summed E-state index contributed by atoms with van der Waals surface area (Å²) in [7, 11) is -1.22. The van der Waals surface area contributed by atoms with Crippen LogP contribution in [0.4, 0.5) is 0 Å². The van der Waals surface area contributed by atoms with Crippen molar-refractivity contribution in [2.75, 3.05) is 39.8 Å². The molecule has 0 amide bonds. The minimum Gasteiger partial charge on any atom is -0.297 e. The van der Waals surface area contributed by atoms with Crippen molar-refractivity contribution >= 4 is 10.2 Å². The second-order valence-electron chi connectivity index (χ2n) is 5.88. The summed E-state index contributed by atoms with van der Waals surface area (Å²) in [4.78, 5) is 2.24. The maximum Gasteiger partial charge on any atom is 0.282 e. The first-order chi connectivity index (χ1) is 10.1. The molecule has 6 heteroatoms. The maximum absolute atomic E-state index is 12.7. The zero-order valence-electron chi connectivity index (χ0n) is 12.5. The molecule has 2 saturated heterocycles. The second kappa shape index (κ2) is 6.04. The Morgan fingerprint density at radius 1 is 0.952 bits per heavy atom. The highest BCUT2D eigenvalue weighted by Gasteiger charge is 2.36. The smallest absolute Gasteiger partial charge is 0.282 e. The largest absolute Gasteiger partial charge is 0.297 e. The molecule has 21 heavy (non-hydrogen) atoms. The van der Waals surface area contributed by atoms with E-state index in [2.05, 4.69) is 24.1 Å². The van der Waals surface area contributed by atoms with Gasteiger partial charge in [0, 0.05) is 38.8 Å². The molecule has 1 aromatic carbocycles. The fourth-order valence-electron chi connectivity index (χ4n) is 3.18. The Labute approximate surface area is 127 Å². The van der Waals surface area contributed by atoms with Gasteiger partial charge in [-0.15, -0.1) is 0 Å². The van der Waals surface area contributed by atoms with E-state index in [0.717, 1.165) is 19.4 Å². The molecular formula is C15H23N3O2S. The van der Waals surface area contributed by atoms with E-state index in [1.165, 1.54) is 5.56 Å². The Morgan fingerprint density at radius 2 is 1.62 bits per heavy atom. The van der Waals surface area contributed by atoms with Crippen LogP contribution in [0.25, 0.3) is 0 Å². The molecule has 1 atom stereocenters. The minimum atomic E-state index is -3.29. The Balaban J connectivity index is 1.79. The predicted molar refractivity (Wildman–Crippen MR) is 83.1 cm³/mol. The van der Waals surface area contributed by atoms with E-state index in [9.17, 15) is 8.42 Å². The molecule has 1 aromatic rings. The van der Waals surface area contributed by atoms with Gasteiger partial charge in [0.15, 0.2) is 0 Å². The van der Waals surface area contributed by atoms with Crippen molar-refractivity contribution in [1.82, 2.24) is 13.5 Å². The average Bonchev–Trinajstić information content (AvgIpc) is 3.03. The molecule has 0 aliphatic carbocycles. The highest BCUT2D eigenvalue weighted by molar-refractivity contribution is 7.86. The van der Waals surface area contributed by atoms with Crippen LogP contribution in [0.5, 0.6) is 0 Å². The first kappa shape index (κ1) is 15.0. The van der Waals surface area contributed by atoms with Crippen LogP contribution < -0.4 is 0 Å². The van der Waals surface area contributed by atoms with Crippen LogP contribution in [0.2, 0.25) is 0 Å². The lowest BCUT2D eigenvalue weighted by Gasteiger charge is -2.40. The third-order valence-electron chi connectivity index (χ3n) is 4.51. The molecule has 0 bridgehead atoms. The number of likely N-dealkylation sites (N-methyl/N-ethyl adjacent to an activating group) is 1. The summed E-state index contributed by atoms with van der Waals surface area (Å²) >= 11 is 0. The van der Waals surface area contributed by atoms with Crippen LogP contribution in [0.1, 0.15) is 24.4 Å². The van der Waals surface area contributed by atoms with E-state index in [-0.39, 0.29) is 6.04 Å². The van der Waals surface area contributed by atoms with Crippen molar-refractivity contribution in [2.45, 2.75) is 18.9 Å². The van der Waals surface area contributed by atoms with Crippen LogP contribution >= 0.6 is 0 Å². The van der Waals surface area contributed by atoms with Gasteiger partial charge in [0.25, 0.3) is 10.2 Å². The van der Waals surface area contributed by atoms with Gasteiger partial charge in [0.2, 0.25) is 0 Å². The Morgan fingerprint density at radius 3 is 2.29 bits per heavy atom. The summed E-state index contributed by atoms with van der Waals surface area (Å²) in [5.74, 6) is 0. The van der Waals surface area contributed by atoms with Gasteiger partial charge >= 0.3 is 0 Å². The van der Waals surface area contributed by atoms with E-state index in [0.29, 0.717) is 26.2 Å². The second-order valence-corrected chi connectivity index (χ2v) is 7.81. The van der Waals surface area contributed by atoms with Crippen LogP contribution in [0.3, 0.4) is 0 Å². The first-order valence-corrected chi connectivity index (χ1v) is 8.99. The normalized spacial score (nSPS) is 26.2. The number of rotatable bonds is 3. The van der Waals surface area contributed by atoms with E-state index < -0.39 is 10.2 Å².